The van der Waals surface area contributed by atoms with E-state index in [9.17, 15) is 34.2 Å². The highest BCUT2D eigenvalue weighted by Gasteiger charge is 2.63. The van der Waals surface area contributed by atoms with Crippen LogP contribution in [0.4, 0.5) is 4.79 Å². The van der Waals surface area contributed by atoms with E-state index in [0.29, 0.717) is 0 Å². The number of fused-ring (bicyclic) bond motifs is 2. The summed E-state index contributed by atoms with van der Waals surface area (Å²) in [6.07, 6.45) is -10.4. The number of nitrogens with zero attached hydrogens (tertiary/aromatic N) is 3. The van der Waals surface area contributed by atoms with Crippen LogP contribution in [0.25, 0.3) is 0 Å². The molecule has 296 valence electrons. The van der Waals surface area contributed by atoms with Gasteiger partial charge in [0.1, 0.15) is 54.4 Å². The number of amides is 2. The zero-order valence-corrected chi connectivity index (χ0v) is 31.0. The number of nitrogens with one attached hydrogen (secondary N) is 2. The number of aromatic amines is 1. The second kappa shape index (κ2) is 14.0. The van der Waals surface area contributed by atoms with Gasteiger partial charge in [0.2, 0.25) is 5.91 Å². The van der Waals surface area contributed by atoms with E-state index < -0.39 is 120 Å². The van der Waals surface area contributed by atoms with Gasteiger partial charge in [0.05, 0.1) is 6.10 Å². The smallest absolute Gasteiger partial charge is 0.407 e. The van der Waals surface area contributed by atoms with Crippen molar-refractivity contribution < 1.29 is 62.5 Å². The number of H-pyrrole nitrogens is 1. The summed E-state index contributed by atoms with van der Waals surface area (Å²) in [5, 5.41) is 23.6. The molecule has 12 atom stereocenters. The van der Waals surface area contributed by atoms with E-state index in [4.69, 9.17) is 37.9 Å². The molecule has 0 aliphatic carbocycles. The molecule has 0 aromatic carbocycles. The van der Waals surface area contributed by atoms with E-state index in [2.05, 4.69) is 10.3 Å². The number of aliphatic hydroxyl groups is 1. The minimum atomic E-state index is -1.59. The number of carbonyl (C=O) groups excluding carboxylic acids is 2. The number of alkyl carbamates (subject to hydrolysis) is 1. The van der Waals surface area contributed by atoms with Crippen LogP contribution in [-0.4, -0.2) is 159 Å². The fraction of sp³-hybridized carbons (Fsp3) is 0.788. The largest absolute Gasteiger partial charge is 0.480 e. The predicted octanol–water partition coefficient (Wildman–Crippen LogP) is -1.30. The molecular formula is C33H49N5O15. The van der Waals surface area contributed by atoms with Crippen LogP contribution in [0, 0.1) is 0 Å². The van der Waals surface area contributed by atoms with Crippen molar-refractivity contribution in [1.82, 2.24) is 24.7 Å². The van der Waals surface area contributed by atoms with Crippen LogP contribution in [0.3, 0.4) is 0 Å². The van der Waals surface area contributed by atoms with Gasteiger partial charge in [-0.25, -0.2) is 14.4 Å². The van der Waals surface area contributed by atoms with E-state index >= 15 is 0 Å². The second-order valence-electron chi connectivity index (χ2n) is 15.8. The van der Waals surface area contributed by atoms with Gasteiger partial charge >= 0.3 is 17.8 Å². The molecule has 2 amide bonds. The van der Waals surface area contributed by atoms with Gasteiger partial charge in [0, 0.05) is 32.4 Å². The first-order valence-electron chi connectivity index (χ1n) is 17.4. The minimum Gasteiger partial charge on any atom is -0.480 e. The molecule has 20 nitrogen and oxygen atoms in total. The fourth-order valence-corrected chi connectivity index (χ4v) is 7.65. The van der Waals surface area contributed by atoms with Gasteiger partial charge in [0.15, 0.2) is 30.1 Å². The lowest BCUT2D eigenvalue weighted by molar-refractivity contribution is -0.271. The topological polar surface area (TPSA) is 239 Å². The molecule has 0 spiro atoms. The fourth-order valence-electron chi connectivity index (χ4n) is 7.65. The van der Waals surface area contributed by atoms with Crippen molar-refractivity contribution >= 4 is 18.0 Å². The monoisotopic (exact) mass is 755 g/mol. The Hall–Kier alpha value is -3.47. The van der Waals surface area contributed by atoms with Crippen molar-refractivity contribution in [2.24, 2.45) is 0 Å². The molecule has 4 N–H and O–H groups in total. The summed E-state index contributed by atoms with van der Waals surface area (Å²) < 4.78 is 51.1. The maximum Gasteiger partial charge on any atom is 0.407 e. The first-order valence-corrected chi connectivity index (χ1v) is 17.4. The number of aliphatic hydroxyl groups excluding tert-OH is 1. The number of aromatic nitrogens is 2. The third kappa shape index (κ3) is 7.87. The standard InChI is InChI=1S/C33H49N5O15/c1-31(2,3)53-30(45)34-12-15-19-24(52-32(4,5)49-19)28(46-15)48-20(18-25(41)37(9)17(27(42)43)14(39)13-36(18)8)21-22-23(51-33(6,7)50-22)26(47-21)38-11-10-16(40)35-29(38)44/h10-11,14-15,17-24,26,28,39H,12-13H2,1-9H3,(H,34,45)(H,42,43)(H,35,40,44)/t14-,15?,17-,18-,19?,20-,21?,22?,23?,24?,26?,28?/m0/s1. The third-order valence-electron chi connectivity index (χ3n) is 9.66. The molecule has 20 heteroatoms. The summed E-state index contributed by atoms with van der Waals surface area (Å²) in [6.45, 7) is 11.6. The van der Waals surface area contributed by atoms with Crippen LogP contribution in [-0.2, 0) is 47.5 Å². The van der Waals surface area contributed by atoms with Crippen molar-refractivity contribution in [3.63, 3.8) is 0 Å². The van der Waals surface area contributed by atoms with E-state index in [-0.39, 0.29) is 13.1 Å². The van der Waals surface area contributed by atoms with Crippen LogP contribution in [0.15, 0.2) is 21.9 Å². The molecule has 5 aliphatic rings. The number of carbonyl (C=O) groups is 3. The number of ether oxygens (including phenoxy) is 8. The molecule has 5 aliphatic heterocycles. The zero-order valence-electron chi connectivity index (χ0n) is 31.0. The Balaban J connectivity index is 1.39. The third-order valence-corrected chi connectivity index (χ3v) is 9.66. The Morgan fingerprint density at radius 2 is 1.62 bits per heavy atom. The molecule has 5 saturated heterocycles. The van der Waals surface area contributed by atoms with Crippen molar-refractivity contribution in [3.05, 3.63) is 33.1 Å². The van der Waals surface area contributed by atoms with Crippen LogP contribution in [0.1, 0.15) is 54.7 Å². The quantitative estimate of drug-likeness (QED) is 0.241. The Morgan fingerprint density at radius 3 is 2.25 bits per heavy atom. The Bertz CT molecular complexity index is 1690. The second-order valence-corrected chi connectivity index (χ2v) is 15.8. The number of carboxylic acids is 1. The number of hydrogen-bond donors (Lipinski definition) is 4. The van der Waals surface area contributed by atoms with E-state index in [1.165, 1.54) is 25.2 Å². The average molecular weight is 756 g/mol. The van der Waals surface area contributed by atoms with Crippen molar-refractivity contribution in [3.8, 4) is 0 Å². The lowest BCUT2D eigenvalue weighted by Crippen LogP contribution is -2.59. The Morgan fingerprint density at radius 1 is 1.00 bits per heavy atom. The van der Waals surface area contributed by atoms with Gasteiger partial charge < -0.3 is 58.3 Å². The highest BCUT2D eigenvalue weighted by molar-refractivity contribution is 5.88. The lowest BCUT2D eigenvalue weighted by Gasteiger charge is -2.39. The van der Waals surface area contributed by atoms with Crippen LogP contribution in [0.2, 0.25) is 0 Å². The zero-order chi connectivity index (χ0) is 38.9. The highest BCUT2D eigenvalue weighted by Crippen LogP contribution is 2.46. The normalized spacial score (nSPS) is 37.2. The molecule has 8 unspecified atom stereocenters. The SMILES string of the molecule is CN1C[C@H](O)[C@@H](C(=O)O)N(C)C(=O)[C@@H]1[C@H](OC1OC(CNC(=O)OC(C)(C)C)C2OC(C)(C)OC12)C1OC(n2ccc(=O)[nH]c2=O)C2OC(C)(C)OC21. The first kappa shape index (κ1) is 39.2. The molecule has 1 aromatic rings. The summed E-state index contributed by atoms with van der Waals surface area (Å²) >= 11 is 0. The van der Waals surface area contributed by atoms with Gasteiger partial charge in [-0.05, 0) is 55.5 Å². The molecule has 6 heterocycles. The summed E-state index contributed by atoms with van der Waals surface area (Å²) in [4.78, 5) is 68.8. The summed E-state index contributed by atoms with van der Waals surface area (Å²) in [7, 11) is 2.79. The van der Waals surface area contributed by atoms with Gasteiger partial charge in [0.25, 0.3) is 5.56 Å². The molecule has 53 heavy (non-hydrogen) atoms. The number of aliphatic carboxylic acids is 1. The summed E-state index contributed by atoms with van der Waals surface area (Å²) in [5.41, 5.74) is -2.18. The molecule has 5 fully saturated rings. The molecular weight excluding hydrogens is 706 g/mol. The van der Waals surface area contributed by atoms with Crippen LogP contribution < -0.4 is 16.6 Å². The van der Waals surface area contributed by atoms with E-state index in [1.54, 1.807) is 48.5 Å². The predicted molar refractivity (Wildman–Crippen MR) is 177 cm³/mol. The number of β-amino-alcohol motifs (C(OH)–C–C–N with tert-alkyl or cyclic N) is 1. The molecule has 0 saturated carbocycles. The Labute approximate surface area is 304 Å². The maximum atomic E-state index is 14.4. The van der Waals surface area contributed by atoms with Crippen LogP contribution >= 0.6 is 0 Å². The first-order chi connectivity index (χ1) is 24.6. The van der Waals surface area contributed by atoms with E-state index in [1.807, 2.05) is 0 Å². The molecule has 6 rings (SSSR count). The van der Waals surface area contributed by atoms with Crippen LogP contribution in [0.5, 0.6) is 0 Å². The van der Waals surface area contributed by atoms with Gasteiger partial charge in [-0.15, -0.1) is 0 Å². The number of likely N-dealkylation sites (N-methyl/N-ethyl adjacent to an activating group) is 2. The highest BCUT2D eigenvalue weighted by atomic mass is 16.8. The maximum absolute atomic E-state index is 14.4. The summed E-state index contributed by atoms with van der Waals surface area (Å²) in [6, 6.07) is -1.78. The average Bonchev–Trinajstić information content (AvgIpc) is 3.69. The molecule has 0 bridgehead atoms. The number of hydrogen-bond acceptors (Lipinski definition) is 15. The lowest BCUT2D eigenvalue weighted by atomic mass is 9.97. The van der Waals surface area contributed by atoms with E-state index in [0.717, 1.165) is 15.5 Å². The van der Waals surface area contributed by atoms with Crippen molar-refractivity contribution in [2.45, 2.75) is 139 Å². The Kier molecular flexibility index (Phi) is 10.4. The minimum absolute atomic E-state index is 0.0650. The molecule has 0 radical (unpaired) electrons. The van der Waals surface area contributed by atoms with Crippen molar-refractivity contribution in [1.29, 1.82) is 0 Å². The van der Waals surface area contributed by atoms with Gasteiger partial charge in [-0.2, -0.15) is 0 Å². The van der Waals surface area contributed by atoms with Crippen molar-refractivity contribution in [2.75, 3.05) is 27.2 Å². The van der Waals surface area contributed by atoms with Gasteiger partial charge in [-0.3, -0.25) is 24.0 Å². The molecule has 1 aromatic heterocycles. The van der Waals surface area contributed by atoms with Gasteiger partial charge in [-0.1, -0.05) is 0 Å². The number of carboxylic acid groups (broad SMARTS) is 1. The number of rotatable bonds is 8. The summed E-state index contributed by atoms with van der Waals surface area (Å²) in [5.74, 6) is -4.45.